The third kappa shape index (κ3) is 6.72. The summed E-state index contributed by atoms with van der Waals surface area (Å²) in [6.07, 6.45) is 2.65. The van der Waals surface area contributed by atoms with Gasteiger partial charge in [0, 0.05) is 6.54 Å². The fraction of sp³-hybridized carbons (Fsp3) is 0.300. The molecule has 26 heavy (non-hydrogen) atoms. The number of rotatable bonds is 9. The summed E-state index contributed by atoms with van der Waals surface area (Å²) in [6, 6.07) is 15.8. The number of thiocarbonyl (C=S) groups is 1. The average molecular weight is 372 g/mol. The van der Waals surface area contributed by atoms with Gasteiger partial charge in [-0.1, -0.05) is 37.3 Å². The van der Waals surface area contributed by atoms with Crippen LogP contribution < -0.4 is 20.2 Å². The van der Waals surface area contributed by atoms with Crippen molar-refractivity contribution in [3.05, 3.63) is 59.7 Å². The fourth-order valence-corrected chi connectivity index (χ4v) is 2.31. The van der Waals surface area contributed by atoms with Gasteiger partial charge in [0.15, 0.2) is 16.6 Å². The highest BCUT2D eigenvalue weighted by Crippen LogP contribution is 2.28. The van der Waals surface area contributed by atoms with E-state index in [1.54, 1.807) is 6.21 Å². The lowest BCUT2D eigenvalue weighted by Crippen LogP contribution is -2.31. The van der Waals surface area contributed by atoms with Crippen LogP contribution in [0, 0.1) is 0 Å². The van der Waals surface area contributed by atoms with Crippen LogP contribution in [0.4, 0.5) is 0 Å². The Labute approximate surface area is 160 Å². The molecule has 0 saturated carbocycles. The first kappa shape index (κ1) is 19.7. The SMILES string of the molecule is CCCOc1ccc(/C=N/NC(=S)NCc2ccccc2)cc1OCC. The molecule has 0 fully saturated rings. The Morgan fingerprint density at radius 3 is 2.62 bits per heavy atom. The molecule has 0 aliphatic heterocycles. The van der Waals surface area contributed by atoms with Gasteiger partial charge in [-0.05, 0) is 54.9 Å². The van der Waals surface area contributed by atoms with Crippen LogP contribution in [0.25, 0.3) is 0 Å². The third-order valence-electron chi connectivity index (χ3n) is 3.40. The minimum Gasteiger partial charge on any atom is -0.490 e. The molecule has 0 saturated heterocycles. The molecule has 2 aromatic rings. The zero-order valence-electron chi connectivity index (χ0n) is 15.2. The summed E-state index contributed by atoms with van der Waals surface area (Å²) < 4.78 is 11.3. The molecule has 0 spiro atoms. The van der Waals surface area contributed by atoms with Crippen molar-refractivity contribution in [3.63, 3.8) is 0 Å². The molecule has 0 bridgehead atoms. The topological polar surface area (TPSA) is 54.9 Å². The Morgan fingerprint density at radius 1 is 1.08 bits per heavy atom. The van der Waals surface area contributed by atoms with E-state index in [4.69, 9.17) is 21.7 Å². The van der Waals surface area contributed by atoms with Gasteiger partial charge in [0.25, 0.3) is 0 Å². The molecule has 2 rings (SSSR count). The van der Waals surface area contributed by atoms with Gasteiger partial charge in [0.2, 0.25) is 0 Å². The Bertz CT molecular complexity index is 720. The standard InChI is InChI=1S/C20H25N3O2S/c1-3-12-25-18-11-10-17(13-19(18)24-4-2)15-22-23-20(26)21-14-16-8-6-5-7-9-16/h5-11,13,15H,3-4,12,14H2,1-2H3,(H2,21,23,26)/b22-15+. The van der Waals surface area contributed by atoms with E-state index in [1.807, 2.05) is 55.5 Å². The van der Waals surface area contributed by atoms with Crippen molar-refractivity contribution in [3.8, 4) is 11.5 Å². The first-order valence-electron chi connectivity index (χ1n) is 8.73. The summed E-state index contributed by atoms with van der Waals surface area (Å²) >= 11 is 5.22. The van der Waals surface area contributed by atoms with Crippen molar-refractivity contribution in [2.24, 2.45) is 5.10 Å². The average Bonchev–Trinajstić information content (AvgIpc) is 2.67. The molecule has 5 nitrogen and oxygen atoms in total. The first-order valence-corrected chi connectivity index (χ1v) is 9.14. The van der Waals surface area contributed by atoms with E-state index in [1.165, 1.54) is 0 Å². The predicted molar refractivity (Wildman–Crippen MR) is 110 cm³/mol. The number of nitrogens with one attached hydrogen (secondary N) is 2. The van der Waals surface area contributed by atoms with Crippen LogP contribution in [-0.4, -0.2) is 24.5 Å². The van der Waals surface area contributed by atoms with E-state index < -0.39 is 0 Å². The third-order valence-corrected chi connectivity index (χ3v) is 3.64. The summed E-state index contributed by atoms with van der Waals surface area (Å²) in [4.78, 5) is 0. The van der Waals surface area contributed by atoms with Crippen molar-refractivity contribution in [2.75, 3.05) is 13.2 Å². The highest BCUT2D eigenvalue weighted by Gasteiger charge is 2.05. The maximum Gasteiger partial charge on any atom is 0.187 e. The van der Waals surface area contributed by atoms with Gasteiger partial charge < -0.3 is 14.8 Å². The molecule has 0 amide bonds. The lowest BCUT2D eigenvalue weighted by molar-refractivity contribution is 0.277. The van der Waals surface area contributed by atoms with Gasteiger partial charge in [0.1, 0.15) is 0 Å². The molecule has 138 valence electrons. The minimum atomic E-state index is 0.470. The molecule has 0 aliphatic rings. The van der Waals surface area contributed by atoms with Crippen LogP contribution in [0.3, 0.4) is 0 Å². The van der Waals surface area contributed by atoms with Crippen molar-refractivity contribution >= 4 is 23.5 Å². The van der Waals surface area contributed by atoms with Gasteiger partial charge in [-0.2, -0.15) is 5.10 Å². The number of benzene rings is 2. The molecule has 0 heterocycles. The molecular formula is C20H25N3O2S. The van der Waals surface area contributed by atoms with E-state index in [-0.39, 0.29) is 0 Å². The monoisotopic (exact) mass is 371 g/mol. The number of hydrogen-bond acceptors (Lipinski definition) is 4. The minimum absolute atomic E-state index is 0.470. The second-order valence-electron chi connectivity index (χ2n) is 5.53. The van der Waals surface area contributed by atoms with E-state index in [0.717, 1.165) is 29.0 Å². The van der Waals surface area contributed by atoms with E-state index in [0.29, 0.717) is 24.9 Å². The first-order chi connectivity index (χ1) is 12.7. The van der Waals surface area contributed by atoms with Crippen LogP contribution in [0.15, 0.2) is 53.6 Å². The van der Waals surface area contributed by atoms with Crippen LogP contribution in [-0.2, 0) is 6.54 Å². The van der Waals surface area contributed by atoms with Crippen molar-refractivity contribution in [1.29, 1.82) is 0 Å². The molecule has 2 aromatic carbocycles. The predicted octanol–water partition coefficient (Wildman–Crippen LogP) is 3.87. The largest absolute Gasteiger partial charge is 0.490 e. The lowest BCUT2D eigenvalue weighted by Gasteiger charge is -2.12. The number of ether oxygens (including phenoxy) is 2. The van der Waals surface area contributed by atoms with Gasteiger partial charge in [-0.15, -0.1) is 0 Å². The highest BCUT2D eigenvalue weighted by atomic mass is 32.1. The molecule has 0 unspecified atom stereocenters. The molecular weight excluding hydrogens is 346 g/mol. The Balaban J connectivity index is 1.88. The highest BCUT2D eigenvalue weighted by molar-refractivity contribution is 7.80. The summed E-state index contributed by atoms with van der Waals surface area (Å²) in [5, 5.41) is 7.75. The van der Waals surface area contributed by atoms with Crippen LogP contribution in [0.2, 0.25) is 0 Å². The van der Waals surface area contributed by atoms with Crippen LogP contribution in [0.5, 0.6) is 11.5 Å². The summed E-state index contributed by atoms with van der Waals surface area (Å²) in [5.74, 6) is 1.47. The number of hydrogen-bond donors (Lipinski definition) is 2. The van der Waals surface area contributed by atoms with Crippen LogP contribution in [0.1, 0.15) is 31.4 Å². The molecule has 0 aliphatic carbocycles. The van der Waals surface area contributed by atoms with E-state index >= 15 is 0 Å². The van der Waals surface area contributed by atoms with Gasteiger partial charge in [0.05, 0.1) is 19.4 Å². The zero-order chi connectivity index (χ0) is 18.6. The van der Waals surface area contributed by atoms with Gasteiger partial charge >= 0.3 is 0 Å². The summed E-state index contributed by atoms with van der Waals surface area (Å²) in [5.41, 5.74) is 4.88. The van der Waals surface area contributed by atoms with Crippen LogP contribution >= 0.6 is 12.2 Å². The second-order valence-corrected chi connectivity index (χ2v) is 5.93. The quantitative estimate of drug-likeness (QED) is 0.398. The van der Waals surface area contributed by atoms with Crippen molar-refractivity contribution < 1.29 is 9.47 Å². The number of nitrogens with zero attached hydrogens (tertiary/aromatic N) is 1. The molecule has 0 atom stereocenters. The maximum absolute atomic E-state index is 5.69. The molecule has 2 N–H and O–H groups in total. The maximum atomic E-state index is 5.69. The van der Waals surface area contributed by atoms with Crippen molar-refractivity contribution in [2.45, 2.75) is 26.8 Å². The number of hydrazone groups is 1. The normalized spacial score (nSPS) is 10.5. The molecule has 0 radical (unpaired) electrons. The second kappa shape index (κ2) is 11.1. The van der Waals surface area contributed by atoms with Crippen molar-refractivity contribution in [1.82, 2.24) is 10.7 Å². The zero-order valence-corrected chi connectivity index (χ0v) is 16.0. The smallest absolute Gasteiger partial charge is 0.187 e. The lowest BCUT2D eigenvalue weighted by atomic mass is 10.2. The molecule has 6 heteroatoms. The Kier molecular flexibility index (Phi) is 8.42. The summed E-state index contributed by atoms with van der Waals surface area (Å²) in [7, 11) is 0. The van der Waals surface area contributed by atoms with Gasteiger partial charge in [-0.25, -0.2) is 0 Å². The van der Waals surface area contributed by atoms with E-state index in [9.17, 15) is 0 Å². The fourth-order valence-electron chi connectivity index (χ4n) is 2.19. The van der Waals surface area contributed by atoms with Gasteiger partial charge in [-0.3, -0.25) is 5.43 Å². The summed E-state index contributed by atoms with van der Waals surface area (Å²) in [6.45, 7) is 5.91. The van der Waals surface area contributed by atoms with E-state index in [2.05, 4.69) is 22.8 Å². The molecule has 0 aromatic heterocycles. The Morgan fingerprint density at radius 2 is 1.88 bits per heavy atom. The Hall–Kier alpha value is -2.60.